The topological polar surface area (TPSA) is 30.5 Å². The van der Waals surface area contributed by atoms with Crippen molar-refractivity contribution in [2.75, 3.05) is 40.0 Å². The van der Waals surface area contributed by atoms with Gasteiger partial charge in [-0.1, -0.05) is 13.8 Å². The van der Waals surface area contributed by atoms with Crippen molar-refractivity contribution < 1.29 is 9.47 Å². The molecule has 0 unspecified atom stereocenters. The van der Waals surface area contributed by atoms with Gasteiger partial charge >= 0.3 is 0 Å². The maximum atomic E-state index is 5.48. The maximum absolute atomic E-state index is 5.48. The van der Waals surface area contributed by atoms with Gasteiger partial charge in [-0.05, 0) is 44.7 Å². The quantitative estimate of drug-likeness (QED) is 0.523. The van der Waals surface area contributed by atoms with Crippen molar-refractivity contribution in [3.63, 3.8) is 0 Å². The van der Waals surface area contributed by atoms with E-state index in [0.717, 1.165) is 45.2 Å². The second-order valence-electron chi connectivity index (χ2n) is 4.62. The fraction of sp³-hybridized carbons (Fsp3) is 1.00. The normalized spacial score (nSPS) is 11.2. The molecule has 0 radical (unpaired) electrons. The molecule has 0 rings (SSSR count). The minimum absolute atomic E-state index is 0.754. The summed E-state index contributed by atoms with van der Waals surface area (Å²) in [6, 6.07) is 0. The molecule has 3 heteroatoms. The van der Waals surface area contributed by atoms with Gasteiger partial charge in [0.25, 0.3) is 0 Å². The predicted molar refractivity (Wildman–Crippen MR) is 68.9 cm³/mol. The van der Waals surface area contributed by atoms with Gasteiger partial charge in [0.15, 0.2) is 0 Å². The third kappa shape index (κ3) is 13.9. The van der Waals surface area contributed by atoms with E-state index in [-0.39, 0.29) is 0 Å². The summed E-state index contributed by atoms with van der Waals surface area (Å²) >= 11 is 0. The first-order chi connectivity index (χ1) is 7.77. The number of unbranched alkanes of at least 4 members (excludes halogenated alkanes) is 2. The van der Waals surface area contributed by atoms with Crippen LogP contribution in [0.1, 0.15) is 39.5 Å². The average molecular weight is 231 g/mol. The second kappa shape index (κ2) is 12.9. The first-order valence-corrected chi connectivity index (χ1v) is 6.54. The number of nitrogens with one attached hydrogen (secondary N) is 1. The molecule has 0 heterocycles. The Labute approximate surface area is 101 Å². The van der Waals surface area contributed by atoms with Crippen molar-refractivity contribution in [1.82, 2.24) is 5.32 Å². The number of methoxy groups -OCH3 is 1. The maximum Gasteiger partial charge on any atom is 0.0487 e. The molecule has 3 nitrogen and oxygen atoms in total. The Morgan fingerprint density at radius 2 is 1.69 bits per heavy atom. The van der Waals surface area contributed by atoms with Crippen molar-refractivity contribution in [1.29, 1.82) is 0 Å². The highest BCUT2D eigenvalue weighted by Gasteiger charge is 1.93. The van der Waals surface area contributed by atoms with Crippen LogP contribution in [0.4, 0.5) is 0 Å². The fourth-order valence-corrected chi connectivity index (χ4v) is 1.43. The molecule has 0 atom stereocenters. The summed E-state index contributed by atoms with van der Waals surface area (Å²) in [7, 11) is 1.73. The fourth-order valence-electron chi connectivity index (χ4n) is 1.43. The summed E-state index contributed by atoms with van der Waals surface area (Å²) in [5.74, 6) is 0.754. The molecule has 0 fully saturated rings. The van der Waals surface area contributed by atoms with Crippen LogP contribution in [-0.2, 0) is 9.47 Å². The Hall–Kier alpha value is -0.120. The van der Waals surface area contributed by atoms with Gasteiger partial charge in [-0.15, -0.1) is 0 Å². The zero-order valence-electron chi connectivity index (χ0n) is 11.3. The van der Waals surface area contributed by atoms with Crippen LogP contribution in [0.2, 0.25) is 0 Å². The minimum Gasteiger partial charge on any atom is -0.385 e. The lowest BCUT2D eigenvalue weighted by Gasteiger charge is -2.07. The van der Waals surface area contributed by atoms with E-state index < -0.39 is 0 Å². The number of hydrogen-bond acceptors (Lipinski definition) is 3. The molecule has 0 saturated carbocycles. The van der Waals surface area contributed by atoms with E-state index in [0.29, 0.717) is 0 Å². The van der Waals surface area contributed by atoms with Crippen molar-refractivity contribution in [2.24, 2.45) is 5.92 Å². The van der Waals surface area contributed by atoms with Gasteiger partial charge in [0.1, 0.15) is 0 Å². The molecule has 0 saturated heterocycles. The van der Waals surface area contributed by atoms with Gasteiger partial charge < -0.3 is 14.8 Å². The van der Waals surface area contributed by atoms with Crippen LogP contribution in [0, 0.1) is 5.92 Å². The van der Waals surface area contributed by atoms with Crippen LogP contribution in [0.15, 0.2) is 0 Å². The monoisotopic (exact) mass is 231 g/mol. The lowest BCUT2D eigenvalue weighted by Crippen LogP contribution is -2.20. The zero-order chi connectivity index (χ0) is 12.1. The van der Waals surface area contributed by atoms with Gasteiger partial charge in [0.2, 0.25) is 0 Å². The number of rotatable bonds is 12. The van der Waals surface area contributed by atoms with E-state index in [1.807, 2.05) is 0 Å². The Morgan fingerprint density at radius 1 is 0.938 bits per heavy atom. The largest absolute Gasteiger partial charge is 0.385 e. The van der Waals surface area contributed by atoms with Crippen LogP contribution >= 0.6 is 0 Å². The molecule has 0 aliphatic heterocycles. The highest BCUT2D eigenvalue weighted by molar-refractivity contribution is 4.51. The SMILES string of the molecule is COCCCOCCCCCNCC(C)C. The van der Waals surface area contributed by atoms with E-state index in [1.165, 1.54) is 19.3 Å². The Morgan fingerprint density at radius 3 is 2.38 bits per heavy atom. The van der Waals surface area contributed by atoms with Gasteiger partial charge in [0, 0.05) is 26.9 Å². The van der Waals surface area contributed by atoms with E-state index in [1.54, 1.807) is 7.11 Å². The van der Waals surface area contributed by atoms with E-state index in [9.17, 15) is 0 Å². The van der Waals surface area contributed by atoms with Crippen LogP contribution in [-0.4, -0.2) is 40.0 Å². The van der Waals surface area contributed by atoms with Gasteiger partial charge in [0.05, 0.1) is 0 Å². The van der Waals surface area contributed by atoms with Crippen LogP contribution < -0.4 is 5.32 Å². The molecular formula is C13H29NO2. The van der Waals surface area contributed by atoms with Gasteiger partial charge in [-0.3, -0.25) is 0 Å². The Balaban J connectivity index is 2.88. The first kappa shape index (κ1) is 15.9. The summed E-state index contributed by atoms with van der Waals surface area (Å²) in [6.45, 7) is 9.28. The average Bonchev–Trinajstić information content (AvgIpc) is 2.25. The van der Waals surface area contributed by atoms with E-state index >= 15 is 0 Å². The molecule has 0 amide bonds. The van der Waals surface area contributed by atoms with Crippen molar-refractivity contribution >= 4 is 0 Å². The van der Waals surface area contributed by atoms with Crippen LogP contribution in [0.3, 0.4) is 0 Å². The van der Waals surface area contributed by atoms with E-state index in [4.69, 9.17) is 9.47 Å². The molecule has 0 aromatic carbocycles. The highest BCUT2D eigenvalue weighted by Crippen LogP contribution is 1.96. The summed E-state index contributed by atoms with van der Waals surface area (Å²) in [5.41, 5.74) is 0. The lowest BCUT2D eigenvalue weighted by atomic mass is 10.2. The van der Waals surface area contributed by atoms with Gasteiger partial charge in [-0.2, -0.15) is 0 Å². The third-order valence-corrected chi connectivity index (χ3v) is 2.33. The van der Waals surface area contributed by atoms with Crippen LogP contribution in [0.25, 0.3) is 0 Å². The van der Waals surface area contributed by atoms with Crippen molar-refractivity contribution in [3.8, 4) is 0 Å². The molecule has 0 aliphatic carbocycles. The molecule has 0 aromatic heterocycles. The van der Waals surface area contributed by atoms with Crippen molar-refractivity contribution in [3.05, 3.63) is 0 Å². The van der Waals surface area contributed by atoms with Crippen molar-refractivity contribution in [2.45, 2.75) is 39.5 Å². The smallest absolute Gasteiger partial charge is 0.0487 e. The molecule has 1 N–H and O–H groups in total. The third-order valence-electron chi connectivity index (χ3n) is 2.33. The summed E-state index contributed by atoms with van der Waals surface area (Å²) < 4.78 is 10.4. The van der Waals surface area contributed by atoms with E-state index in [2.05, 4.69) is 19.2 Å². The van der Waals surface area contributed by atoms with Gasteiger partial charge in [-0.25, -0.2) is 0 Å². The molecule has 0 aromatic rings. The molecule has 0 aliphatic rings. The molecule has 0 bridgehead atoms. The highest BCUT2D eigenvalue weighted by atomic mass is 16.5. The second-order valence-corrected chi connectivity index (χ2v) is 4.62. The molecule has 0 spiro atoms. The Bertz CT molecular complexity index is 129. The lowest BCUT2D eigenvalue weighted by molar-refractivity contribution is 0.100. The molecular weight excluding hydrogens is 202 g/mol. The zero-order valence-corrected chi connectivity index (χ0v) is 11.3. The predicted octanol–water partition coefficient (Wildman–Crippen LogP) is 2.46. The van der Waals surface area contributed by atoms with Crippen LogP contribution in [0.5, 0.6) is 0 Å². The number of hydrogen-bond donors (Lipinski definition) is 1. The summed E-state index contributed by atoms with van der Waals surface area (Å²) in [4.78, 5) is 0. The first-order valence-electron chi connectivity index (χ1n) is 6.54. The number of ether oxygens (including phenoxy) is 2. The molecule has 16 heavy (non-hydrogen) atoms. The summed E-state index contributed by atoms with van der Waals surface area (Å²) in [6.07, 6.45) is 4.70. The standard InChI is InChI=1S/C13H29NO2/c1-13(2)12-14-8-5-4-6-10-16-11-7-9-15-3/h13-14H,4-12H2,1-3H3. The Kier molecular flexibility index (Phi) is 12.9. The summed E-state index contributed by atoms with van der Waals surface area (Å²) in [5, 5.41) is 3.45. The minimum atomic E-state index is 0.754. The molecule has 98 valence electrons.